The average molecular weight is 397 g/mol. The van der Waals surface area contributed by atoms with Crippen LogP contribution in [0.3, 0.4) is 0 Å². The van der Waals surface area contributed by atoms with Gasteiger partial charge in [-0.2, -0.15) is 0 Å². The topological polar surface area (TPSA) is 65.8 Å². The molecule has 5 nitrogen and oxygen atoms in total. The summed E-state index contributed by atoms with van der Waals surface area (Å²) in [5.74, 6) is 0.768. The molecule has 0 aliphatic rings. The maximum absolute atomic E-state index is 12.7. The van der Waals surface area contributed by atoms with Crippen LogP contribution in [-0.2, 0) is 11.4 Å². The Hall–Kier alpha value is -2.15. The number of benzene rings is 1. The third-order valence-electron chi connectivity index (χ3n) is 4.66. The summed E-state index contributed by atoms with van der Waals surface area (Å²) < 4.78 is 17.7. The molecule has 0 amide bonds. The van der Waals surface area contributed by atoms with Crippen LogP contribution >= 0.6 is 0 Å². The van der Waals surface area contributed by atoms with Crippen molar-refractivity contribution in [2.75, 3.05) is 0 Å². The molecule has 2 heterocycles. The van der Waals surface area contributed by atoms with E-state index in [1.165, 1.54) is 0 Å². The fourth-order valence-corrected chi connectivity index (χ4v) is 3.89. The van der Waals surface area contributed by atoms with Crippen LogP contribution < -0.4 is 4.72 Å². The Morgan fingerprint density at radius 1 is 1.00 bits per heavy atom. The zero-order valence-corrected chi connectivity index (χ0v) is 18.2. The van der Waals surface area contributed by atoms with Gasteiger partial charge in [0.2, 0.25) is 0 Å². The number of hydrogen-bond acceptors (Lipinski definition) is 4. The zero-order chi connectivity index (χ0) is 20.5. The molecule has 0 spiro atoms. The number of aromatic nitrogens is 3. The van der Waals surface area contributed by atoms with Crippen LogP contribution in [0.4, 0.5) is 0 Å². The Labute approximate surface area is 170 Å². The highest BCUT2D eigenvalue weighted by Crippen LogP contribution is 2.29. The average Bonchev–Trinajstić information content (AvgIpc) is 2.99. The van der Waals surface area contributed by atoms with Gasteiger partial charge in [-0.15, -0.1) is 14.9 Å². The van der Waals surface area contributed by atoms with Crippen LogP contribution in [-0.4, -0.2) is 24.1 Å². The summed E-state index contributed by atoms with van der Waals surface area (Å²) in [7, 11) is 0. The highest BCUT2D eigenvalue weighted by Gasteiger charge is 2.29. The molecule has 0 fully saturated rings. The predicted molar refractivity (Wildman–Crippen MR) is 116 cm³/mol. The maximum Gasteiger partial charge on any atom is 0.160 e. The van der Waals surface area contributed by atoms with Crippen LogP contribution in [0.15, 0.2) is 48.5 Å². The number of hydrogen-bond donors (Lipinski definition) is 1. The summed E-state index contributed by atoms with van der Waals surface area (Å²) in [6.07, 6.45) is 0. The Morgan fingerprint density at radius 2 is 1.61 bits per heavy atom. The molecule has 28 heavy (non-hydrogen) atoms. The highest BCUT2D eigenvalue weighted by molar-refractivity contribution is 7.90. The molecule has 0 aliphatic heterocycles. The van der Waals surface area contributed by atoms with Crippen LogP contribution in [0.2, 0.25) is 0 Å². The van der Waals surface area contributed by atoms with Crippen LogP contribution in [0.5, 0.6) is 0 Å². The molecule has 1 N–H and O–H groups in total. The molecule has 0 aliphatic carbocycles. The van der Waals surface area contributed by atoms with Gasteiger partial charge < -0.3 is 9.12 Å². The van der Waals surface area contributed by atoms with Crippen molar-refractivity contribution in [1.29, 1.82) is 0 Å². The first-order valence-corrected chi connectivity index (χ1v) is 10.6. The molecular formula is C22H28N4OS. The molecule has 0 radical (unpaired) electrons. The lowest BCUT2D eigenvalue weighted by atomic mass is 10.0. The van der Waals surface area contributed by atoms with Gasteiger partial charge in [0, 0.05) is 33.9 Å². The molecule has 0 saturated heterocycles. The minimum absolute atomic E-state index is 0.152. The Balaban J connectivity index is 2.09. The van der Waals surface area contributed by atoms with Crippen LogP contribution in [0.1, 0.15) is 50.7 Å². The molecule has 3 rings (SSSR count). The van der Waals surface area contributed by atoms with Crippen molar-refractivity contribution in [2.45, 2.75) is 52.3 Å². The summed E-state index contributed by atoms with van der Waals surface area (Å²) in [5.41, 5.74) is 4.97. The minimum Gasteiger partial charge on any atom is -0.598 e. The lowest BCUT2D eigenvalue weighted by Gasteiger charge is -2.27. The normalized spacial score (nSPS) is 14.1. The van der Waals surface area contributed by atoms with Gasteiger partial charge >= 0.3 is 0 Å². The third-order valence-corrected chi connectivity index (χ3v) is 6.34. The molecule has 0 bridgehead atoms. The molecule has 0 saturated carbocycles. The summed E-state index contributed by atoms with van der Waals surface area (Å²) in [5, 5.41) is 9.07. The van der Waals surface area contributed by atoms with Gasteiger partial charge in [0.05, 0.1) is 11.7 Å². The summed E-state index contributed by atoms with van der Waals surface area (Å²) >= 11 is -1.19. The van der Waals surface area contributed by atoms with Crippen molar-refractivity contribution < 1.29 is 4.55 Å². The second kappa shape index (κ2) is 8.07. The van der Waals surface area contributed by atoms with E-state index in [9.17, 15) is 4.55 Å². The van der Waals surface area contributed by atoms with Crippen molar-refractivity contribution in [3.8, 4) is 17.1 Å². The fourth-order valence-electron chi connectivity index (χ4n) is 3.09. The molecule has 148 valence electrons. The monoisotopic (exact) mass is 396 g/mol. The van der Waals surface area contributed by atoms with E-state index in [2.05, 4.69) is 45.5 Å². The first-order chi connectivity index (χ1) is 13.2. The van der Waals surface area contributed by atoms with Crippen molar-refractivity contribution >= 4 is 11.4 Å². The zero-order valence-electron chi connectivity index (χ0n) is 17.4. The minimum atomic E-state index is -1.19. The van der Waals surface area contributed by atoms with E-state index in [-0.39, 0.29) is 10.8 Å². The number of nitrogens with zero attached hydrogens (tertiary/aromatic N) is 3. The van der Waals surface area contributed by atoms with E-state index in [4.69, 9.17) is 0 Å². The van der Waals surface area contributed by atoms with E-state index in [1.54, 1.807) is 0 Å². The molecule has 1 aromatic carbocycles. The van der Waals surface area contributed by atoms with Gasteiger partial charge in [0.1, 0.15) is 4.75 Å². The highest BCUT2D eigenvalue weighted by atomic mass is 32.2. The predicted octanol–water partition coefficient (Wildman–Crippen LogP) is 4.66. The largest absolute Gasteiger partial charge is 0.598 e. The molecule has 2 atom stereocenters. The van der Waals surface area contributed by atoms with E-state index < -0.39 is 11.4 Å². The van der Waals surface area contributed by atoms with E-state index in [1.807, 2.05) is 64.1 Å². The second-order valence-corrected chi connectivity index (χ2v) is 10.0. The Kier molecular flexibility index (Phi) is 5.93. The second-order valence-electron chi connectivity index (χ2n) is 8.04. The Morgan fingerprint density at radius 3 is 2.18 bits per heavy atom. The maximum atomic E-state index is 12.7. The van der Waals surface area contributed by atoms with Crippen molar-refractivity contribution in [3.05, 3.63) is 65.5 Å². The summed E-state index contributed by atoms with van der Waals surface area (Å²) in [6, 6.07) is 16.0. The van der Waals surface area contributed by atoms with E-state index in [0.717, 1.165) is 34.0 Å². The molecule has 1 unspecified atom stereocenters. The van der Waals surface area contributed by atoms with Gasteiger partial charge in [0.25, 0.3) is 0 Å². The van der Waals surface area contributed by atoms with Gasteiger partial charge in [-0.1, -0.05) is 30.3 Å². The third kappa shape index (κ3) is 4.29. The molecule has 6 heteroatoms. The van der Waals surface area contributed by atoms with Gasteiger partial charge in [-0.05, 0) is 59.7 Å². The quantitative estimate of drug-likeness (QED) is 0.637. The lowest BCUT2D eigenvalue weighted by Crippen LogP contribution is -2.40. The van der Waals surface area contributed by atoms with Gasteiger partial charge in [-0.3, -0.25) is 0 Å². The van der Waals surface area contributed by atoms with Crippen LogP contribution in [0.25, 0.3) is 17.1 Å². The molecule has 2 aromatic heterocycles. The van der Waals surface area contributed by atoms with Crippen molar-refractivity contribution in [2.24, 2.45) is 0 Å². The number of rotatable bonds is 5. The molecule has 3 aromatic rings. The van der Waals surface area contributed by atoms with Gasteiger partial charge in [0.15, 0.2) is 5.82 Å². The number of aryl methyl sites for hydroxylation is 2. The summed E-state index contributed by atoms with van der Waals surface area (Å²) in [4.78, 5) is 0. The Bertz CT molecular complexity index is 927. The van der Waals surface area contributed by atoms with Crippen LogP contribution in [0, 0.1) is 13.8 Å². The van der Waals surface area contributed by atoms with E-state index >= 15 is 0 Å². The lowest BCUT2D eigenvalue weighted by molar-refractivity contribution is 0.531. The number of nitrogens with one attached hydrogen (secondary N) is 1. The SMILES string of the molecule is Cc1ccc(C)n1-c1cc([C@H](C)N[S+]([O-])C(C)(C)C)c(-c2ccccc2)nn1. The van der Waals surface area contributed by atoms with Crippen molar-refractivity contribution in [3.63, 3.8) is 0 Å². The smallest absolute Gasteiger partial charge is 0.160 e. The van der Waals surface area contributed by atoms with Gasteiger partial charge in [-0.25, -0.2) is 0 Å². The standard InChI is InChI=1S/C22H28N4OS/c1-15-12-13-16(2)26(15)20-14-19(17(3)25-28(27)22(4,5)6)21(24-23-20)18-10-8-7-9-11-18/h7-14,17,25H,1-6H3/t17-,28?/m0/s1. The first-order valence-electron chi connectivity index (χ1n) is 9.45. The van der Waals surface area contributed by atoms with Crippen molar-refractivity contribution in [1.82, 2.24) is 19.5 Å². The summed E-state index contributed by atoms with van der Waals surface area (Å²) in [6.45, 7) is 12.0. The molecular weight excluding hydrogens is 368 g/mol. The van der Waals surface area contributed by atoms with E-state index in [0.29, 0.717) is 0 Å². The first kappa shape index (κ1) is 20.6. The fraction of sp³-hybridized carbons (Fsp3) is 0.364.